The molecular weight excluding hydrogens is 643 g/mol. The van der Waals surface area contributed by atoms with Crippen molar-refractivity contribution in [3.63, 3.8) is 0 Å². The number of aryl methyl sites for hydroxylation is 2. The summed E-state index contributed by atoms with van der Waals surface area (Å²) in [5, 5.41) is 11.2. The first-order valence-electron chi connectivity index (χ1n) is 17.9. The van der Waals surface area contributed by atoms with Gasteiger partial charge < -0.3 is 0 Å². The highest BCUT2D eigenvalue weighted by molar-refractivity contribution is 8.07. The van der Waals surface area contributed by atoms with E-state index in [2.05, 4.69) is 108 Å². The summed E-state index contributed by atoms with van der Waals surface area (Å²) in [6.07, 6.45) is 17.7. The summed E-state index contributed by atoms with van der Waals surface area (Å²) in [6, 6.07) is 20.8. The summed E-state index contributed by atoms with van der Waals surface area (Å²) in [5.74, 6) is 0.622. The fourth-order valence-corrected chi connectivity index (χ4v) is 9.96. The molecule has 0 aromatic heterocycles. The molecule has 2 aromatic carbocycles. The van der Waals surface area contributed by atoms with E-state index in [-0.39, 0.29) is 10.5 Å². The van der Waals surface area contributed by atoms with Crippen molar-refractivity contribution in [2.75, 3.05) is 5.75 Å². The Morgan fingerprint density at radius 2 is 1.48 bits per heavy atom. The molecule has 2 aromatic rings. The van der Waals surface area contributed by atoms with E-state index in [1.165, 1.54) is 74.3 Å². The maximum absolute atomic E-state index is 12.4. The van der Waals surface area contributed by atoms with Gasteiger partial charge in [-0.05, 0) is 79.4 Å². The van der Waals surface area contributed by atoms with Gasteiger partial charge in [0.1, 0.15) is 0 Å². The third-order valence-corrected chi connectivity index (χ3v) is 12.7. The molecule has 0 aliphatic carbocycles. The number of carbonyl (C=O) groups excluding carboxylic acids is 1. The SMILES string of the molecule is C=C1SC[C@H](S/C(C=O)=C\C(C)S)C(C)(C#N)C(c2ccc(CCCCCC)cc2)(c2ccc(CCCCCC)cc2)C(=C)C=C1CC. The highest BCUT2D eigenvalue weighted by Crippen LogP contribution is 2.58. The lowest BCUT2D eigenvalue weighted by Crippen LogP contribution is -2.51. The zero-order chi connectivity index (χ0) is 35.2. The Morgan fingerprint density at radius 1 is 0.958 bits per heavy atom. The maximum Gasteiger partial charge on any atom is 0.156 e. The van der Waals surface area contributed by atoms with Gasteiger partial charge in [-0.25, -0.2) is 0 Å². The van der Waals surface area contributed by atoms with Crippen LogP contribution in [0.3, 0.4) is 0 Å². The third kappa shape index (κ3) is 9.64. The van der Waals surface area contributed by atoms with Gasteiger partial charge in [0.05, 0.1) is 16.9 Å². The van der Waals surface area contributed by atoms with Crippen LogP contribution in [0.2, 0.25) is 0 Å². The van der Waals surface area contributed by atoms with E-state index in [0.717, 1.165) is 52.7 Å². The minimum atomic E-state index is -1.01. The van der Waals surface area contributed by atoms with Crippen LogP contribution < -0.4 is 0 Å². The topological polar surface area (TPSA) is 40.9 Å². The van der Waals surface area contributed by atoms with E-state index in [9.17, 15) is 10.1 Å². The molecule has 2 nitrogen and oxygen atoms in total. The summed E-state index contributed by atoms with van der Waals surface area (Å²) in [6.45, 7) is 20.0. The van der Waals surface area contributed by atoms with Crippen LogP contribution in [0, 0.1) is 16.7 Å². The number of allylic oxidation sites excluding steroid dienone is 4. The number of carbonyl (C=O) groups is 1. The summed E-state index contributed by atoms with van der Waals surface area (Å²) in [7, 11) is 0. The number of hydrogen-bond acceptors (Lipinski definition) is 5. The van der Waals surface area contributed by atoms with E-state index < -0.39 is 10.8 Å². The number of hydrogen-bond donors (Lipinski definition) is 1. The van der Waals surface area contributed by atoms with E-state index in [4.69, 9.17) is 6.58 Å². The van der Waals surface area contributed by atoms with Crippen LogP contribution in [-0.4, -0.2) is 22.5 Å². The molecule has 0 radical (unpaired) electrons. The average Bonchev–Trinajstić information content (AvgIpc) is 3.12. The molecule has 1 aliphatic heterocycles. The number of rotatable bonds is 17. The van der Waals surface area contributed by atoms with Crippen LogP contribution in [0.1, 0.15) is 115 Å². The van der Waals surface area contributed by atoms with E-state index >= 15 is 0 Å². The molecule has 2 unspecified atom stereocenters. The molecule has 0 amide bonds. The molecule has 0 bridgehead atoms. The third-order valence-electron chi connectivity index (χ3n) is 9.85. The van der Waals surface area contributed by atoms with Crippen molar-refractivity contribution >= 4 is 42.4 Å². The number of nitriles is 1. The number of thiol groups is 1. The number of unbranched alkanes of at least 4 members (excludes halogenated alkanes) is 6. The molecule has 258 valence electrons. The Hall–Kier alpha value is -2.39. The molecular formula is C43H57NOS3. The quantitative estimate of drug-likeness (QED) is 0.0772. The molecule has 48 heavy (non-hydrogen) atoms. The predicted octanol–water partition coefficient (Wildman–Crippen LogP) is 12.4. The normalized spacial score (nSPS) is 20.6. The molecule has 3 atom stereocenters. The lowest BCUT2D eigenvalue weighted by atomic mass is 9.53. The van der Waals surface area contributed by atoms with Crippen LogP contribution in [0.15, 0.2) is 94.8 Å². The maximum atomic E-state index is 12.4. The smallest absolute Gasteiger partial charge is 0.156 e. The molecule has 0 spiro atoms. The molecule has 0 N–H and O–H groups in total. The van der Waals surface area contributed by atoms with Gasteiger partial charge in [-0.3, -0.25) is 4.79 Å². The first-order chi connectivity index (χ1) is 23.1. The first-order valence-corrected chi connectivity index (χ1v) is 20.3. The van der Waals surface area contributed by atoms with Crippen LogP contribution in [-0.2, 0) is 23.1 Å². The van der Waals surface area contributed by atoms with Gasteiger partial charge in [0.2, 0.25) is 0 Å². The van der Waals surface area contributed by atoms with Gasteiger partial charge in [0, 0.05) is 26.1 Å². The van der Waals surface area contributed by atoms with Crippen LogP contribution in [0.5, 0.6) is 0 Å². The lowest BCUT2D eigenvalue weighted by molar-refractivity contribution is -0.104. The van der Waals surface area contributed by atoms with Gasteiger partial charge in [-0.2, -0.15) is 17.9 Å². The van der Waals surface area contributed by atoms with Crippen molar-refractivity contribution in [3.8, 4) is 6.07 Å². The fraction of sp³-hybridized carbons (Fsp3) is 0.488. The Bertz CT molecular complexity index is 1410. The zero-order valence-electron chi connectivity index (χ0n) is 30.0. The summed E-state index contributed by atoms with van der Waals surface area (Å²) in [4.78, 5) is 14.0. The first kappa shape index (κ1) is 40.0. The monoisotopic (exact) mass is 699 g/mol. The molecule has 0 fully saturated rings. The fourth-order valence-electron chi connectivity index (χ4n) is 7.02. The van der Waals surface area contributed by atoms with Crippen molar-refractivity contribution < 1.29 is 4.79 Å². The van der Waals surface area contributed by atoms with Crippen LogP contribution >= 0.6 is 36.2 Å². The molecule has 1 aliphatic rings. The minimum absolute atomic E-state index is 0.0900. The second kappa shape index (κ2) is 19.7. The van der Waals surface area contributed by atoms with Gasteiger partial charge in [0.25, 0.3) is 0 Å². The Morgan fingerprint density at radius 3 is 1.90 bits per heavy atom. The minimum Gasteiger partial charge on any atom is -0.297 e. The molecule has 3 rings (SSSR count). The standard InChI is InChI=1S/C43H57NOS3/c1-8-11-13-15-17-35-19-23-38(24-20-35)43(39-25-21-36(22-26-39)18-16-14-12-9-2)32(4)27-37(10-3)34(6)47-30-41(42(43,7)31-44)48-40(29-45)28-33(5)46/h19-29,33,41,46H,4,6,8-18,30H2,1-3,5,7H3/b37-27?,40-28-/t33?,41-,42?/m0/s1. The van der Waals surface area contributed by atoms with Gasteiger partial charge in [0.15, 0.2) is 6.29 Å². The molecule has 5 heteroatoms. The Balaban J connectivity index is 2.34. The summed E-state index contributed by atoms with van der Waals surface area (Å²) in [5.41, 5.74) is 4.85. The van der Waals surface area contributed by atoms with Crippen molar-refractivity contribution in [2.45, 2.75) is 121 Å². The zero-order valence-corrected chi connectivity index (χ0v) is 32.6. The van der Waals surface area contributed by atoms with E-state index in [0.29, 0.717) is 10.7 Å². The van der Waals surface area contributed by atoms with Crippen molar-refractivity contribution in [1.29, 1.82) is 5.26 Å². The number of nitrogens with zero attached hydrogens (tertiary/aromatic N) is 1. The Kier molecular flexibility index (Phi) is 16.4. The van der Waals surface area contributed by atoms with Gasteiger partial charge in [-0.15, -0.1) is 23.5 Å². The lowest BCUT2D eigenvalue weighted by Gasteiger charge is -2.50. The van der Waals surface area contributed by atoms with E-state index in [1.54, 1.807) is 11.8 Å². The van der Waals surface area contributed by atoms with E-state index in [1.807, 2.05) is 13.0 Å². The van der Waals surface area contributed by atoms with Crippen molar-refractivity contribution in [1.82, 2.24) is 0 Å². The molecule has 0 saturated heterocycles. The van der Waals surface area contributed by atoms with Gasteiger partial charge >= 0.3 is 0 Å². The number of benzene rings is 2. The van der Waals surface area contributed by atoms with Crippen molar-refractivity contribution in [3.05, 3.63) is 117 Å². The largest absolute Gasteiger partial charge is 0.297 e. The Labute approximate surface area is 306 Å². The number of aldehydes is 1. The molecule has 1 heterocycles. The second-order valence-corrected chi connectivity index (χ2v) is 16.6. The summed E-state index contributed by atoms with van der Waals surface area (Å²) < 4.78 is 0. The van der Waals surface area contributed by atoms with Crippen LogP contribution in [0.25, 0.3) is 0 Å². The summed E-state index contributed by atoms with van der Waals surface area (Å²) >= 11 is 7.74. The van der Waals surface area contributed by atoms with Gasteiger partial charge in [-0.1, -0.05) is 133 Å². The van der Waals surface area contributed by atoms with Crippen molar-refractivity contribution in [2.24, 2.45) is 5.41 Å². The highest BCUT2D eigenvalue weighted by Gasteiger charge is 2.57. The van der Waals surface area contributed by atoms with Crippen LogP contribution in [0.4, 0.5) is 0 Å². The highest BCUT2D eigenvalue weighted by atomic mass is 32.2. The second-order valence-electron chi connectivity index (χ2n) is 13.4. The number of thioether (sulfide) groups is 2. The average molecular weight is 700 g/mol. The molecule has 0 saturated carbocycles. The predicted molar refractivity (Wildman–Crippen MR) is 216 cm³/mol.